The van der Waals surface area contributed by atoms with Gasteiger partial charge < -0.3 is 5.32 Å². The molecule has 96 valence electrons. The van der Waals surface area contributed by atoms with Crippen molar-refractivity contribution in [3.63, 3.8) is 0 Å². The fraction of sp³-hybridized carbons (Fsp3) is 0.0714. The molecule has 0 atom stereocenters. The summed E-state index contributed by atoms with van der Waals surface area (Å²) in [5.41, 5.74) is 4.48. The molecule has 2 nitrogen and oxygen atoms in total. The van der Waals surface area contributed by atoms with Gasteiger partial charge in [-0.3, -0.25) is 0 Å². The topological polar surface area (TPSA) is 24.9 Å². The van der Waals surface area contributed by atoms with Crippen LogP contribution in [0.2, 0.25) is 5.02 Å². The Bertz CT molecular complexity index is 709. The van der Waals surface area contributed by atoms with Gasteiger partial charge in [0.15, 0.2) is 0 Å². The molecule has 0 unspecified atom stereocenters. The van der Waals surface area contributed by atoms with Crippen molar-refractivity contribution in [3.05, 3.63) is 58.3 Å². The van der Waals surface area contributed by atoms with Crippen LogP contribution in [-0.4, -0.2) is 4.98 Å². The normalized spacial score (nSPS) is 10.8. The van der Waals surface area contributed by atoms with Gasteiger partial charge in [-0.05, 0) is 29.8 Å². The molecule has 0 amide bonds. The maximum absolute atomic E-state index is 12.8. The van der Waals surface area contributed by atoms with Crippen LogP contribution in [0.5, 0.6) is 0 Å². The summed E-state index contributed by atoms with van der Waals surface area (Å²) in [6.45, 7) is 0.580. The van der Waals surface area contributed by atoms with Crippen LogP contribution in [0, 0.1) is 5.82 Å². The fourth-order valence-electron chi connectivity index (χ4n) is 1.87. The van der Waals surface area contributed by atoms with E-state index in [2.05, 4.69) is 10.3 Å². The summed E-state index contributed by atoms with van der Waals surface area (Å²) in [5, 5.41) is 3.91. The van der Waals surface area contributed by atoms with E-state index < -0.39 is 0 Å². The Morgan fingerprint density at radius 1 is 1.16 bits per heavy atom. The first-order valence-corrected chi connectivity index (χ1v) is 7.00. The van der Waals surface area contributed by atoms with E-state index in [-0.39, 0.29) is 5.82 Å². The summed E-state index contributed by atoms with van der Waals surface area (Å²) in [7, 11) is 0. The van der Waals surface area contributed by atoms with Crippen molar-refractivity contribution in [2.45, 2.75) is 6.54 Å². The maximum Gasteiger partial charge on any atom is 0.123 e. The van der Waals surface area contributed by atoms with E-state index in [0.29, 0.717) is 11.6 Å². The van der Waals surface area contributed by atoms with E-state index in [1.54, 1.807) is 29.0 Å². The van der Waals surface area contributed by atoms with Gasteiger partial charge in [0.2, 0.25) is 0 Å². The molecule has 0 spiro atoms. The minimum absolute atomic E-state index is 0.233. The quantitative estimate of drug-likeness (QED) is 0.757. The molecule has 1 heterocycles. The van der Waals surface area contributed by atoms with E-state index in [1.165, 1.54) is 12.1 Å². The first kappa shape index (κ1) is 12.4. The van der Waals surface area contributed by atoms with Crippen LogP contribution in [-0.2, 0) is 6.54 Å². The molecule has 0 fully saturated rings. The second-order valence-corrected chi connectivity index (χ2v) is 5.40. The molecule has 0 saturated heterocycles. The predicted octanol–water partition coefficient (Wildman–Crippen LogP) is 4.70. The number of aromatic nitrogens is 1. The lowest BCUT2D eigenvalue weighted by Gasteiger charge is -2.09. The van der Waals surface area contributed by atoms with Crippen LogP contribution in [0.4, 0.5) is 10.1 Å². The second kappa shape index (κ2) is 5.15. The van der Waals surface area contributed by atoms with E-state index in [0.717, 1.165) is 21.5 Å². The van der Waals surface area contributed by atoms with Crippen LogP contribution in [0.3, 0.4) is 0 Å². The minimum Gasteiger partial charge on any atom is -0.378 e. The first-order valence-electron chi connectivity index (χ1n) is 5.74. The van der Waals surface area contributed by atoms with Crippen molar-refractivity contribution in [1.82, 2.24) is 4.98 Å². The largest absolute Gasteiger partial charge is 0.378 e. The summed E-state index contributed by atoms with van der Waals surface area (Å²) in [6, 6.07) is 10.2. The average molecular weight is 293 g/mol. The van der Waals surface area contributed by atoms with Gasteiger partial charge in [0.1, 0.15) is 11.3 Å². The van der Waals surface area contributed by atoms with Gasteiger partial charge >= 0.3 is 0 Å². The third kappa shape index (κ3) is 2.55. The highest BCUT2D eigenvalue weighted by molar-refractivity contribution is 7.16. The van der Waals surface area contributed by atoms with Crippen molar-refractivity contribution in [3.8, 4) is 0 Å². The number of anilines is 1. The van der Waals surface area contributed by atoms with E-state index in [1.807, 2.05) is 12.1 Å². The summed E-state index contributed by atoms with van der Waals surface area (Å²) < 4.78 is 13.9. The van der Waals surface area contributed by atoms with Crippen LogP contribution in [0.1, 0.15) is 5.56 Å². The highest BCUT2D eigenvalue weighted by Gasteiger charge is 2.08. The average Bonchev–Trinajstić information content (AvgIpc) is 2.88. The molecule has 0 saturated carbocycles. The van der Waals surface area contributed by atoms with E-state index in [9.17, 15) is 4.39 Å². The number of fused-ring (bicyclic) bond motifs is 1. The highest BCUT2D eigenvalue weighted by atomic mass is 35.5. The molecular weight excluding hydrogens is 283 g/mol. The molecule has 2 aromatic carbocycles. The Morgan fingerprint density at radius 2 is 1.95 bits per heavy atom. The van der Waals surface area contributed by atoms with Crippen molar-refractivity contribution >= 4 is 38.8 Å². The SMILES string of the molecule is Fc1ccc(CNc2c(Cl)ccc3scnc23)cc1. The number of rotatable bonds is 3. The van der Waals surface area contributed by atoms with E-state index in [4.69, 9.17) is 11.6 Å². The minimum atomic E-state index is -0.233. The third-order valence-electron chi connectivity index (χ3n) is 2.83. The zero-order chi connectivity index (χ0) is 13.2. The molecule has 3 rings (SSSR count). The van der Waals surface area contributed by atoms with Crippen LogP contribution in [0.25, 0.3) is 10.2 Å². The highest BCUT2D eigenvalue weighted by Crippen LogP contribution is 2.32. The molecule has 0 radical (unpaired) electrons. The molecule has 19 heavy (non-hydrogen) atoms. The molecule has 1 N–H and O–H groups in total. The monoisotopic (exact) mass is 292 g/mol. The zero-order valence-electron chi connectivity index (χ0n) is 9.86. The van der Waals surface area contributed by atoms with Crippen LogP contribution >= 0.6 is 22.9 Å². The lowest BCUT2D eigenvalue weighted by atomic mass is 10.2. The summed E-state index contributed by atoms with van der Waals surface area (Å²) >= 11 is 7.77. The van der Waals surface area contributed by atoms with Gasteiger partial charge in [-0.25, -0.2) is 9.37 Å². The van der Waals surface area contributed by atoms with Gasteiger partial charge in [0.05, 0.1) is 20.9 Å². The van der Waals surface area contributed by atoms with Crippen molar-refractivity contribution < 1.29 is 4.39 Å². The number of hydrogen-bond donors (Lipinski definition) is 1. The number of benzene rings is 2. The number of nitrogens with zero attached hydrogens (tertiary/aromatic N) is 1. The Kier molecular flexibility index (Phi) is 3.36. The van der Waals surface area contributed by atoms with Crippen LogP contribution in [0.15, 0.2) is 41.9 Å². The Hall–Kier alpha value is -1.65. The number of hydrogen-bond acceptors (Lipinski definition) is 3. The smallest absolute Gasteiger partial charge is 0.123 e. The Morgan fingerprint density at radius 3 is 2.74 bits per heavy atom. The Balaban J connectivity index is 1.87. The van der Waals surface area contributed by atoms with Gasteiger partial charge in [-0.15, -0.1) is 11.3 Å². The second-order valence-electron chi connectivity index (χ2n) is 4.10. The van der Waals surface area contributed by atoms with Crippen molar-refractivity contribution in [2.75, 3.05) is 5.32 Å². The lowest BCUT2D eigenvalue weighted by molar-refractivity contribution is 0.627. The van der Waals surface area contributed by atoms with Crippen molar-refractivity contribution in [1.29, 1.82) is 0 Å². The molecule has 1 aromatic heterocycles. The van der Waals surface area contributed by atoms with Gasteiger partial charge in [0.25, 0.3) is 0 Å². The van der Waals surface area contributed by atoms with Crippen molar-refractivity contribution in [2.24, 2.45) is 0 Å². The fourth-order valence-corrected chi connectivity index (χ4v) is 2.77. The van der Waals surface area contributed by atoms with E-state index >= 15 is 0 Å². The summed E-state index contributed by atoms with van der Waals surface area (Å²) in [6.07, 6.45) is 0. The number of thiazole rings is 1. The standard InChI is InChI=1S/C14H10ClFN2S/c15-11-5-6-12-14(18-8-19-12)13(11)17-7-9-1-3-10(16)4-2-9/h1-6,8,17H,7H2. The molecule has 0 bridgehead atoms. The molecular formula is C14H10ClFN2S. The molecule has 0 aliphatic heterocycles. The third-order valence-corrected chi connectivity index (χ3v) is 3.94. The summed E-state index contributed by atoms with van der Waals surface area (Å²) in [4.78, 5) is 4.32. The molecule has 3 aromatic rings. The molecule has 5 heteroatoms. The number of nitrogens with one attached hydrogen (secondary N) is 1. The number of halogens is 2. The van der Waals surface area contributed by atoms with Gasteiger partial charge in [0, 0.05) is 6.54 Å². The predicted molar refractivity (Wildman–Crippen MR) is 78.4 cm³/mol. The van der Waals surface area contributed by atoms with Crippen LogP contribution < -0.4 is 5.32 Å². The maximum atomic E-state index is 12.8. The zero-order valence-corrected chi connectivity index (χ0v) is 11.4. The molecule has 0 aliphatic rings. The van der Waals surface area contributed by atoms with Gasteiger partial charge in [-0.2, -0.15) is 0 Å². The van der Waals surface area contributed by atoms with Gasteiger partial charge in [-0.1, -0.05) is 23.7 Å². The first-order chi connectivity index (χ1) is 9.24. The lowest BCUT2D eigenvalue weighted by Crippen LogP contribution is -2.00. The summed E-state index contributed by atoms with van der Waals surface area (Å²) in [5.74, 6) is -0.233. The Labute approximate surface area is 118 Å². The molecule has 0 aliphatic carbocycles.